The van der Waals surface area contributed by atoms with Gasteiger partial charge in [0.1, 0.15) is 5.58 Å². The number of amides is 1. The van der Waals surface area contributed by atoms with Crippen molar-refractivity contribution in [1.29, 1.82) is 0 Å². The molecule has 0 fully saturated rings. The number of hydrogen-bond donors (Lipinski definition) is 0. The van der Waals surface area contributed by atoms with Crippen LogP contribution in [0.15, 0.2) is 53.1 Å². The van der Waals surface area contributed by atoms with Gasteiger partial charge in [0, 0.05) is 24.0 Å². The second-order valence-corrected chi connectivity index (χ2v) is 6.95. The fourth-order valence-corrected chi connectivity index (χ4v) is 3.22. The van der Waals surface area contributed by atoms with Crippen molar-refractivity contribution in [3.63, 3.8) is 0 Å². The standard InChI is InChI=1S/C23H25NO4/c1-16-9-10-20-19(15-28-23(20)17(16)2)13-21(25)24(12-11-22(26)27-3)14-18-7-5-4-6-8-18/h4-10,15H,11-14H2,1-3H3. The second-order valence-electron chi connectivity index (χ2n) is 6.95. The van der Waals surface area contributed by atoms with Gasteiger partial charge in [0.25, 0.3) is 0 Å². The maximum atomic E-state index is 13.0. The Bertz CT molecular complexity index is 975. The number of carbonyl (C=O) groups is 2. The molecular weight excluding hydrogens is 354 g/mol. The molecule has 1 amide bonds. The van der Waals surface area contributed by atoms with Crippen LogP contribution in [0.4, 0.5) is 0 Å². The molecule has 0 saturated carbocycles. The van der Waals surface area contributed by atoms with Gasteiger partial charge in [-0.05, 0) is 30.5 Å². The van der Waals surface area contributed by atoms with Crippen LogP contribution in [-0.2, 0) is 27.3 Å². The SMILES string of the molecule is COC(=O)CCN(Cc1ccccc1)C(=O)Cc1coc2c(C)c(C)ccc12. The van der Waals surface area contributed by atoms with Crippen molar-refractivity contribution in [3.8, 4) is 0 Å². The summed E-state index contributed by atoms with van der Waals surface area (Å²) in [6.07, 6.45) is 2.05. The summed E-state index contributed by atoms with van der Waals surface area (Å²) in [6, 6.07) is 13.8. The van der Waals surface area contributed by atoms with E-state index < -0.39 is 0 Å². The van der Waals surface area contributed by atoms with Crippen molar-refractivity contribution in [1.82, 2.24) is 4.90 Å². The molecule has 5 nitrogen and oxygen atoms in total. The maximum Gasteiger partial charge on any atom is 0.307 e. The lowest BCUT2D eigenvalue weighted by atomic mass is 10.0. The number of benzene rings is 2. The lowest BCUT2D eigenvalue weighted by molar-refractivity contribution is -0.141. The zero-order valence-electron chi connectivity index (χ0n) is 16.5. The number of carbonyl (C=O) groups excluding carboxylic acids is 2. The quantitative estimate of drug-likeness (QED) is 0.578. The lowest BCUT2D eigenvalue weighted by Gasteiger charge is -2.22. The summed E-state index contributed by atoms with van der Waals surface area (Å²) >= 11 is 0. The number of fused-ring (bicyclic) bond motifs is 1. The van der Waals surface area contributed by atoms with Crippen LogP contribution in [0.5, 0.6) is 0 Å². The Labute approximate surface area is 164 Å². The number of ether oxygens (including phenoxy) is 1. The van der Waals surface area contributed by atoms with E-state index in [0.717, 1.165) is 33.2 Å². The number of methoxy groups -OCH3 is 1. The monoisotopic (exact) mass is 379 g/mol. The first-order valence-electron chi connectivity index (χ1n) is 9.34. The van der Waals surface area contributed by atoms with Gasteiger partial charge in [-0.2, -0.15) is 0 Å². The predicted octanol–water partition coefficient (Wildman–Crippen LogP) is 4.18. The van der Waals surface area contributed by atoms with Crippen molar-refractivity contribution < 1.29 is 18.7 Å². The molecule has 2 aromatic carbocycles. The number of nitrogens with zero attached hydrogens (tertiary/aromatic N) is 1. The summed E-state index contributed by atoms with van der Waals surface area (Å²) in [7, 11) is 1.35. The largest absolute Gasteiger partial charge is 0.469 e. The van der Waals surface area contributed by atoms with Gasteiger partial charge in [-0.25, -0.2) is 0 Å². The van der Waals surface area contributed by atoms with Crippen LogP contribution in [0.25, 0.3) is 11.0 Å². The average Bonchev–Trinajstić information content (AvgIpc) is 3.11. The number of esters is 1. The summed E-state index contributed by atoms with van der Waals surface area (Å²) in [5, 5.41) is 0.962. The third-order valence-corrected chi connectivity index (χ3v) is 5.07. The van der Waals surface area contributed by atoms with E-state index in [4.69, 9.17) is 9.15 Å². The van der Waals surface area contributed by atoms with E-state index in [2.05, 4.69) is 0 Å². The summed E-state index contributed by atoms with van der Waals surface area (Å²) in [6.45, 7) is 4.82. The van der Waals surface area contributed by atoms with Crippen molar-refractivity contribution >= 4 is 22.8 Å². The van der Waals surface area contributed by atoms with E-state index in [1.165, 1.54) is 7.11 Å². The van der Waals surface area contributed by atoms with Gasteiger partial charge in [-0.15, -0.1) is 0 Å². The Morgan fingerprint density at radius 2 is 1.82 bits per heavy atom. The van der Waals surface area contributed by atoms with E-state index in [-0.39, 0.29) is 24.7 Å². The smallest absolute Gasteiger partial charge is 0.307 e. The van der Waals surface area contributed by atoms with E-state index in [1.54, 1.807) is 11.2 Å². The van der Waals surface area contributed by atoms with E-state index in [9.17, 15) is 9.59 Å². The molecule has 0 aliphatic carbocycles. The number of aryl methyl sites for hydroxylation is 2. The normalized spacial score (nSPS) is 10.8. The molecule has 0 saturated heterocycles. The molecule has 0 N–H and O–H groups in total. The van der Waals surface area contributed by atoms with Gasteiger partial charge >= 0.3 is 5.97 Å². The molecule has 146 valence electrons. The lowest BCUT2D eigenvalue weighted by Crippen LogP contribution is -2.33. The van der Waals surface area contributed by atoms with Crippen LogP contribution in [0.2, 0.25) is 0 Å². The Kier molecular flexibility index (Phi) is 6.14. The number of rotatable bonds is 7. The predicted molar refractivity (Wildman–Crippen MR) is 108 cm³/mol. The molecule has 1 aromatic heterocycles. The molecule has 0 aliphatic heterocycles. The van der Waals surface area contributed by atoms with Crippen molar-refractivity contribution in [2.75, 3.05) is 13.7 Å². The number of hydrogen-bond acceptors (Lipinski definition) is 4. The zero-order chi connectivity index (χ0) is 20.1. The Morgan fingerprint density at radius 1 is 1.07 bits per heavy atom. The minimum atomic E-state index is -0.328. The van der Waals surface area contributed by atoms with Crippen LogP contribution in [0.1, 0.15) is 28.7 Å². The molecule has 0 atom stereocenters. The Hall–Kier alpha value is -3.08. The molecule has 0 unspecified atom stereocenters. The first-order chi connectivity index (χ1) is 13.5. The van der Waals surface area contributed by atoms with E-state index in [1.807, 2.05) is 56.3 Å². The summed E-state index contributed by atoms with van der Waals surface area (Å²) in [5.41, 5.74) is 4.95. The molecule has 0 spiro atoms. The first kappa shape index (κ1) is 19.7. The van der Waals surface area contributed by atoms with E-state index in [0.29, 0.717) is 13.1 Å². The first-order valence-corrected chi connectivity index (χ1v) is 9.34. The molecule has 28 heavy (non-hydrogen) atoms. The zero-order valence-corrected chi connectivity index (χ0v) is 16.5. The minimum absolute atomic E-state index is 0.0475. The summed E-state index contributed by atoms with van der Waals surface area (Å²) < 4.78 is 10.5. The Morgan fingerprint density at radius 3 is 2.54 bits per heavy atom. The third kappa shape index (κ3) is 4.42. The summed E-state index contributed by atoms with van der Waals surface area (Å²) in [4.78, 5) is 26.3. The van der Waals surface area contributed by atoms with Crippen molar-refractivity contribution in [3.05, 3.63) is 71.0 Å². The molecule has 3 rings (SSSR count). The van der Waals surface area contributed by atoms with Gasteiger partial charge in [-0.3, -0.25) is 9.59 Å². The maximum absolute atomic E-state index is 13.0. The molecule has 5 heteroatoms. The highest BCUT2D eigenvalue weighted by atomic mass is 16.5. The van der Waals surface area contributed by atoms with Crippen LogP contribution in [-0.4, -0.2) is 30.4 Å². The Balaban J connectivity index is 1.80. The highest BCUT2D eigenvalue weighted by Crippen LogP contribution is 2.27. The average molecular weight is 379 g/mol. The van der Waals surface area contributed by atoms with Crippen LogP contribution >= 0.6 is 0 Å². The highest BCUT2D eigenvalue weighted by molar-refractivity contribution is 5.89. The van der Waals surface area contributed by atoms with Gasteiger partial charge in [0.05, 0.1) is 26.2 Å². The van der Waals surface area contributed by atoms with Crippen LogP contribution in [0.3, 0.4) is 0 Å². The summed E-state index contributed by atoms with van der Waals surface area (Å²) in [5.74, 6) is -0.376. The molecule has 0 bridgehead atoms. The minimum Gasteiger partial charge on any atom is -0.469 e. The van der Waals surface area contributed by atoms with Gasteiger partial charge in [0.2, 0.25) is 5.91 Å². The van der Waals surface area contributed by atoms with Crippen LogP contribution in [0, 0.1) is 13.8 Å². The molecular formula is C23H25NO4. The van der Waals surface area contributed by atoms with Crippen LogP contribution < -0.4 is 0 Å². The fraction of sp³-hybridized carbons (Fsp3) is 0.304. The second kappa shape index (κ2) is 8.74. The molecule has 3 aromatic rings. The molecule has 0 aliphatic rings. The molecule has 0 radical (unpaired) electrons. The van der Waals surface area contributed by atoms with E-state index >= 15 is 0 Å². The van der Waals surface area contributed by atoms with Crippen molar-refractivity contribution in [2.45, 2.75) is 33.2 Å². The fourth-order valence-electron chi connectivity index (χ4n) is 3.22. The van der Waals surface area contributed by atoms with Gasteiger partial charge in [-0.1, -0.05) is 42.5 Å². The molecule has 1 heterocycles. The third-order valence-electron chi connectivity index (χ3n) is 5.07. The highest BCUT2D eigenvalue weighted by Gasteiger charge is 2.19. The number of furan rings is 1. The van der Waals surface area contributed by atoms with Crippen molar-refractivity contribution in [2.24, 2.45) is 0 Å². The van der Waals surface area contributed by atoms with Gasteiger partial charge in [0.15, 0.2) is 0 Å². The van der Waals surface area contributed by atoms with Gasteiger partial charge < -0.3 is 14.1 Å². The topological polar surface area (TPSA) is 59.8 Å².